The first-order valence-electron chi connectivity index (χ1n) is 7.88. The van der Waals surface area contributed by atoms with Crippen molar-refractivity contribution < 1.29 is 49.0 Å². The molecule has 26 heavy (non-hydrogen) atoms. The number of rotatable bonds is 2. The van der Waals surface area contributed by atoms with Gasteiger partial charge in [0.25, 0.3) is 0 Å². The summed E-state index contributed by atoms with van der Waals surface area (Å²) in [4.78, 5) is 40.8. The van der Waals surface area contributed by atoms with E-state index in [1.807, 2.05) is 13.8 Å². The van der Waals surface area contributed by atoms with Gasteiger partial charge in [-0.2, -0.15) is 0 Å². The van der Waals surface area contributed by atoms with Gasteiger partial charge >= 0.3 is 35.5 Å². The van der Waals surface area contributed by atoms with Crippen LogP contribution < -0.4 is 40.0 Å². The summed E-state index contributed by atoms with van der Waals surface area (Å²) in [6.07, 6.45) is 0.604. The molecule has 0 bridgehead atoms. The van der Waals surface area contributed by atoms with Gasteiger partial charge in [-0.05, 0) is 17.5 Å². The molecule has 0 fully saturated rings. The van der Waals surface area contributed by atoms with Crippen molar-refractivity contribution in [2.24, 2.45) is 5.41 Å². The molecule has 1 aromatic carbocycles. The van der Waals surface area contributed by atoms with Crippen LogP contribution in [-0.2, 0) is 9.53 Å². The minimum absolute atomic E-state index is 0. The fraction of sp³-hybridized carbons (Fsp3) is 0.316. The number of pyridine rings is 1. The molecule has 1 heterocycles. The molecule has 130 valence electrons. The summed E-state index contributed by atoms with van der Waals surface area (Å²) in [5.74, 6) is -0.847. The van der Waals surface area contributed by atoms with E-state index in [9.17, 15) is 19.5 Å². The molecule has 0 amide bonds. The first-order chi connectivity index (χ1) is 11.7. The maximum Gasteiger partial charge on any atom is 1.00 e. The molecular weight excluding hydrogens is 345 g/mol. The predicted octanol–water partition coefficient (Wildman–Crippen LogP) is -0.394. The molecule has 1 aliphatic carbocycles. The Morgan fingerprint density at radius 2 is 1.88 bits per heavy atom. The maximum absolute atomic E-state index is 12.5. The summed E-state index contributed by atoms with van der Waals surface area (Å²) in [6.45, 7) is 3.79. The zero-order valence-corrected chi connectivity index (χ0v) is 17.3. The SMILES string of the molecule is COC(=O)c1ccc2c(=O)cc(C3=C(O)CC(C)(C)CC3=O)[n-]c2c1.[Na+]. The molecule has 1 N–H and O–H groups in total. The standard InChI is InChI=1S/C19H19NO5.Na/c1-19(2)8-15(22)17(16(23)9-19)13-7-14(21)11-5-4-10(18(24)25-3)6-12(11)20-13;/h4-7H,8-9H2,1-3H3,(H2,20,21,22,23);/q;+1/p-1. The molecule has 0 saturated carbocycles. The van der Waals surface area contributed by atoms with Crippen LogP contribution in [0.2, 0.25) is 0 Å². The van der Waals surface area contributed by atoms with E-state index in [1.165, 1.54) is 31.4 Å². The van der Waals surface area contributed by atoms with E-state index in [-0.39, 0.29) is 80.7 Å². The Morgan fingerprint density at radius 3 is 2.50 bits per heavy atom. The molecule has 0 saturated heterocycles. The molecule has 6 nitrogen and oxygen atoms in total. The van der Waals surface area contributed by atoms with Gasteiger partial charge in [0.15, 0.2) is 11.2 Å². The van der Waals surface area contributed by atoms with Crippen LogP contribution in [0.15, 0.2) is 34.8 Å². The van der Waals surface area contributed by atoms with E-state index in [4.69, 9.17) is 0 Å². The van der Waals surface area contributed by atoms with E-state index < -0.39 is 5.97 Å². The number of nitrogens with zero attached hydrogens (tertiary/aromatic N) is 1. The second-order valence-electron chi connectivity index (χ2n) is 6.99. The van der Waals surface area contributed by atoms with Crippen LogP contribution in [0, 0.1) is 5.41 Å². The van der Waals surface area contributed by atoms with E-state index in [0.29, 0.717) is 11.8 Å². The van der Waals surface area contributed by atoms with Gasteiger partial charge in [-0.1, -0.05) is 26.0 Å². The third-order valence-electron chi connectivity index (χ3n) is 4.30. The Labute approximate surface area is 172 Å². The third-order valence-corrected chi connectivity index (χ3v) is 4.30. The van der Waals surface area contributed by atoms with Crippen molar-refractivity contribution in [3.63, 3.8) is 0 Å². The second-order valence-corrected chi connectivity index (χ2v) is 6.99. The number of methoxy groups -OCH3 is 1. The van der Waals surface area contributed by atoms with E-state index >= 15 is 0 Å². The third kappa shape index (κ3) is 3.77. The monoisotopic (exact) mass is 363 g/mol. The largest absolute Gasteiger partial charge is 1.00 e. The number of ketones is 1. The smallest absolute Gasteiger partial charge is 0.656 e. The number of carbonyl (C=O) groups is 2. The number of fused-ring (bicyclic) bond motifs is 1. The second kappa shape index (κ2) is 7.39. The number of Topliss-reactive ketones (excluding diaryl/α,β-unsaturated/α-hetero) is 1. The van der Waals surface area contributed by atoms with Crippen LogP contribution in [0.1, 0.15) is 42.7 Å². The Hall–Kier alpha value is -1.89. The van der Waals surface area contributed by atoms with Gasteiger partial charge in [0.1, 0.15) is 5.76 Å². The molecule has 3 rings (SSSR count). The molecule has 1 aliphatic rings. The van der Waals surface area contributed by atoms with Crippen molar-refractivity contribution in [1.29, 1.82) is 0 Å². The number of ether oxygens (including phenoxy) is 1. The molecular formula is C19H18NNaO5. The maximum atomic E-state index is 12.5. The number of esters is 1. The number of aromatic nitrogens is 1. The summed E-state index contributed by atoms with van der Waals surface area (Å²) in [5, 5.41) is 10.6. The molecule has 0 unspecified atom stereocenters. The van der Waals surface area contributed by atoms with E-state index in [1.54, 1.807) is 0 Å². The van der Waals surface area contributed by atoms with Crippen molar-refractivity contribution in [3.05, 3.63) is 51.5 Å². The van der Waals surface area contributed by atoms with Gasteiger partial charge < -0.3 is 14.8 Å². The number of benzene rings is 1. The molecule has 0 atom stereocenters. The fourth-order valence-corrected chi connectivity index (χ4v) is 3.15. The average Bonchev–Trinajstić information content (AvgIpc) is 2.51. The molecule has 0 spiro atoms. The molecule has 2 aromatic rings. The molecule has 1 aromatic heterocycles. The van der Waals surface area contributed by atoms with E-state index in [2.05, 4.69) is 9.72 Å². The quantitative estimate of drug-likeness (QED) is 0.577. The van der Waals surface area contributed by atoms with Crippen molar-refractivity contribution in [1.82, 2.24) is 4.98 Å². The fourth-order valence-electron chi connectivity index (χ4n) is 3.15. The first kappa shape index (κ1) is 20.4. The number of hydrogen-bond donors (Lipinski definition) is 1. The van der Waals surface area contributed by atoms with Crippen LogP contribution in [0.5, 0.6) is 0 Å². The first-order valence-corrected chi connectivity index (χ1v) is 7.88. The predicted molar refractivity (Wildman–Crippen MR) is 92.4 cm³/mol. The number of hydrogen-bond acceptors (Lipinski definition) is 5. The zero-order valence-electron chi connectivity index (χ0n) is 15.3. The van der Waals surface area contributed by atoms with Crippen LogP contribution in [0.4, 0.5) is 0 Å². The Bertz CT molecular complexity index is 987. The van der Waals surface area contributed by atoms with Crippen molar-refractivity contribution >= 4 is 28.2 Å². The Kier molecular flexibility index (Phi) is 5.80. The van der Waals surface area contributed by atoms with Crippen LogP contribution in [0.25, 0.3) is 16.5 Å². The number of carbonyl (C=O) groups excluding carboxylic acids is 2. The number of allylic oxidation sites excluding steroid dienone is 2. The van der Waals surface area contributed by atoms with Gasteiger partial charge in [0.05, 0.1) is 12.7 Å². The average molecular weight is 363 g/mol. The van der Waals surface area contributed by atoms with Crippen molar-refractivity contribution in [2.75, 3.05) is 7.11 Å². The van der Waals surface area contributed by atoms with Gasteiger partial charge in [0, 0.05) is 23.8 Å². The van der Waals surface area contributed by atoms with Gasteiger partial charge in [-0.15, -0.1) is 11.2 Å². The Morgan fingerprint density at radius 1 is 1.19 bits per heavy atom. The molecule has 7 heteroatoms. The summed E-state index contributed by atoms with van der Waals surface area (Å²) in [6, 6.07) is 5.69. The van der Waals surface area contributed by atoms with Gasteiger partial charge in [0.2, 0.25) is 0 Å². The van der Waals surface area contributed by atoms with E-state index in [0.717, 1.165) is 0 Å². The Balaban J connectivity index is 0.00000243. The minimum Gasteiger partial charge on any atom is -0.656 e. The van der Waals surface area contributed by atoms with Crippen molar-refractivity contribution in [3.8, 4) is 0 Å². The van der Waals surface area contributed by atoms with Crippen LogP contribution >= 0.6 is 0 Å². The van der Waals surface area contributed by atoms with Gasteiger partial charge in [-0.3, -0.25) is 9.59 Å². The zero-order chi connectivity index (χ0) is 18.4. The summed E-state index contributed by atoms with van der Waals surface area (Å²) in [7, 11) is 1.26. The summed E-state index contributed by atoms with van der Waals surface area (Å²) < 4.78 is 4.67. The van der Waals surface area contributed by atoms with Crippen molar-refractivity contribution in [2.45, 2.75) is 26.7 Å². The topological polar surface area (TPSA) is 94.8 Å². The molecule has 0 radical (unpaired) electrons. The number of aliphatic hydroxyl groups excluding tert-OH is 1. The van der Waals surface area contributed by atoms with Gasteiger partial charge in [-0.25, -0.2) is 4.79 Å². The van der Waals surface area contributed by atoms with Crippen LogP contribution in [0.3, 0.4) is 0 Å². The number of aliphatic hydroxyl groups is 1. The molecule has 0 aliphatic heterocycles. The normalized spacial score (nSPS) is 16.3. The summed E-state index contributed by atoms with van der Waals surface area (Å²) >= 11 is 0. The minimum atomic E-state index is -0.542. The summed E-state index contributed by atoms with van der Waals surface area (Å²) in [5.41, 5.74) is 0.102. The van der Waals surface area contributed by atoms with Crippen LogP contribution in [-0.4, -0.2) is 24.0 Å².